The number of H-pyrrole nitrogens is 1. The van der Waals surface area contributed by atoms with Crippen LogP contribution in [0.5, 0.6) is 0 Å². The topological polar surface area (TPSA) is 103 Å². The van der Waals surface area contributed by atoms with Crippen molar-refractivity contribution in [2.24, 2.45) is 5.92 Å². The van der Waals surface area contributed by atoms with Gasteiger partial charge >= 0.3 is 5.97 Å². The second-order valence-electron chi connectivity index (χ2n) is 4.45. The molecule has 1 aromatic heterocycles. The van der Waals surface area contributed by atoms with E-state index in [4.69, 9.17) is 5.11 Å². The first-order valence-electron chi connectivity index (χ1n) is 5.58. The fourth-order valence-corrected chi connectivity index (χ4v) is 4.03. The molecule has 1 saturated heterocycles. The van der Waals surface area contributed by atoms with Crippen LogP contribution in [-0.4, -0.2) is 47.1 Å². The van der Waals surface area contributed by atoms with Crippen molar-refractivity contribution in [2.75, 3.05) is 13.1 Å². The van der Waals surface area contributed by atoms with Gasteiger partial charge < -0.3 is 5.11 Å². The van der Waals surface area contributed by atoms with Crippen LogP contribution in [0.25, 0.3) is 0 Å². The zero-order chi connectivity index (χ0) is 13.5. The van der Waals surface area contributed by atoms with Crippen LogP contribution in [0.3, 0.4) is 0 Å². The van der Waals surface area contributed by atoms with Gasteiger partial charge in [0.25, 0.3) is 0 Å². The smallest absolute Gasteiger partial charge is 0.307 e. The van der Waals surface area contributed by atoms with Crippen LogP contribution >= 0.6 is 0 Å². The normalized spacial score (nSPS) is 21.3. The number of nitrogens with zero attached hydrogens (tertiary/aromatic N) is 2. The number of aromatic nitrogens is 2. The quantitative estimate of drug-likeness (QED) is 0.814. The molecule has 1 aromatic rings. The highest BCUT2D eigenvalue weighted by Gasteiger charge is 2.37. The number of rotatable bonds is 3. The molecule has 1 unspecified atom stereocenters. The second-order valence-corrected chi connectivity index (χ2v) is 6.32. The van der Waals surface area contributed by atoms with Crippen molar-refractivity contribution in [1.29, 1.82) is 0 Å². The molecule has 0 aliphatic carbocycles. The Morgan fingerprint density at radius 3 is 2.61 bits per heavy atom. The summed E-state index contributed by atoms with van der Waals surface area (Å²) in [7, 11) is -3.65. The first-order valence-corrected chi connectivity index (χ1v) is 7.02. The molecule has 100 valence electrons. The SMILES string of the molecule is Cc1n[nH]c(C)c1S(=O)(=O)N1CCC(C(=O)O)C1. The zero-order valence-electron chi connectivity index (χ0n) is 10.2. The van der Waals surface area contributed by atoms with Gasteiger partial charge in [0.05, 0.1) is 17.3 Å². The van der Waals surface area contributed by atoms with E-state index in [1.54, 1.807) is 13.8 Å². The highest BCUT2D eigenvalue weighted by Crippen LogP contribution is 2.27. The van der Waals surface area contributed by atoms with Crippen LogP contribution in [0.4, 0.5) is 0 Å². The number of carboxylic acid groups (broad SMARTS) is 1. The number of aliphatic carboxylic acids is 1. The minimum Gasteiger partial charge on any atom is -0.481 e. The van der Waals surface area contributed by atoms with Gasteiger partial charge in [-0.15, -0.1) is 0 Å². The van der Waals surface area contributed by atoms with Crippen molar-refractivity contribution < 1.29 is 18.3 Å². The molecule has 18 heavy (non-hydrogen) atoms. The van der Waals surface area contributed by atoms with Gasteiger partial charge in [-0.2, -0.15) is 9.40 Å². The Balaban J connectivity index is 2.32. The van der Waals surface area contributed by atoms with Crippen LogP contribution < -0.4 is 0 Å². The van der Waals surface area contributed by atoms with Gasteiger partial charge in [0.15, 0.2) is 0 Å². The van der Waals surface area contributed by atoms with Crippen molar-refractivity contribution >= 4 is 16.0 Å². The molecular formula is C10H15N3O4S. The van der Waals surface area contributed by atoms with E-state index in [-0.39, 0.29) is 18.0 Å². The average Bonchev–Trinajstić information content (AvgIpc) is 2.85. The number of hydrogen-bond acceptors (Lipinski definition) is 4. The molecule has 0 aromatic carbocycles. The highest BCUT2D eigenvalue weighted by atomic mass is 32.2. The Bertz CT molecular complexity index is 558. The fraction of sp³-hybridized carbons (Fsp3) is 0.600. The van der Waals surface area contributed by atoms with E-state index in [0.29, 0.717) is 17.8 Å². The maximum atomic E-state index is 12.4. The van der Waals surface area contributed by atoms with Crippen LogP contribution in [-0.2, 0) is 14.8 Å². The molecular weight excluding hydrogens is 258 g/mol. The molecule has 1 aliphatic rings. The Morgan fingerprint density at radius 1 is 1.50 bits per heavy atom. The highest BCUT2D eigenvalue weighted by molar-refractivity contribution is 7.89. The number of hydrogen-bond donors (Lipinski definition) is 2. The predicted molar refractivity (Wildman–Crippen MR) is 62.6 cm³/mol. The van der Waals surface area contributed by atoms with Gasteiger partial charge in [0, 0.05) is 13.1 Å². The summed E-state index contributed by atoms with van der Waals surface area (Å²) in [6.45, 7) is 3.52. The largest absolute Gasteiger partial charge is 0.481 e. The van der Waals surface area contributed by atoms with Crippen molar-refractivity contribution in [3.05, 3.63) is 11.4 Å². The van der Waals surface area contributed by atoms with Crippen molar-refractivity contribution in [3.63, 3.8) is 0 Å². The van der Waals surface area contributed by atoms with Crippen LogP contribution in [0.1, 0.15) is 17.8 Å². The van der Waals surface area contributed by atoms with E-state index in [1.807, 2.05) is 0 Å². The minimum atomic E-state index is -3.65. The molecule has 2 N–H and O–H groups in total. The first-order chi connectivity index (χ1) is 8.34. The Morgan fingerprint density at radius 2 is 2.17 bits per heavy atom. The Kier molecular flexibility index (Phi) is 3.16. The van der Waals surface area contributed by atoms with Crippen molar-refractivity contribution in [3.8, 4) is 0 Å². The second kappa shape index (κ2) is 4.36. The molecule has 2 rings (SSSR count). The molecule has 0 bridgehead atoms. The standard InChI is InChI=1S/C10H15N3O4S/c1-6-9(7(2)12-11-6)18(16,17)13-4-3-8(5-13)10(14)15/h8H,3-5H2,1-2H3,(H,11,12)(H,14,15). The lowest BCUT2D eigenvalue weighted by Crippen LogP contribution is -2.30. The number of sulfonamides is 1. The lowest BCUT2D eigenvalue weighted by Gasteiger charge is -2.15. The summed E-state index contributed by atoms with van der Waals surface area (Å²) < 4.78 is 26.0. The zero-order valence-corrected chi connectivity index (χ0v) is 11.0. The third kappa shape index (κ3) is 2.01. The Labute approximate surface area is 105 Å². The van der Waals surface area contributed by atoms with Gasteiger partial charge in [0.1, 0.15) is 4.90 Å². The van der Waals surface area contributed by atoms with E-state index in [2.05, 4.69) is 10.2 Å². The third-order valence-corrected chi connectivity index (χ3v) is 5.29. The van der Waals surface area contributed by atoms with E-state index in [1.165, 1.54) is 4.31 Å². The molecule has 0 amide bonds. The van der Waals surface area contributed by atoms with Gasteiger partial charge in [0.2, 0.25) is 10.0 Å². The summed E-state index contributed by atoms with van der Waals surface area (Å²) >= 11 is 0. The van der Waals surface area contributed by atoms with E-state index >= 15 is 0 Å². The van der Waals surface area contributed by atoms with Gasteiger partial charge in [-0.1, -0.05) is 0 Å². The lowest BCUT2D eigenvalue weighted by atomic mass is 10.1. The number of aromatic amines is 1. The van der Waals surface area contributed by atoms with Crippen LogP contribution in [0.15, 0.2) is 4.90 Å². The van der Waals surface area contributed by atoms with Crippen LogP contribution in [0.2, 0.25) is 0 Å². The molecule has 1 aliphatic heterocycles. The molecule has 1 atom stereocenters. The summed E-state index contributed by atoms with van der Waals surface area (Å²) in [5.41, 5.74) is 0.887. The Hall–Kier alpha value is -1.41. The molecule has 0 radical (unpaired) electrons. The van der Waals surface area contributed by atoms with Gasteiger partial charge in [-0.05, 0) is 20.3 Å². The molecule has 1 fully saturated rings. The summed E-state index contributed by atoms with van der Waals surface area (Å²) in [6, 6.07) is 0. The first kappa shape index (κ1) is 13.0. The average molecular weight is 273 g/mol. The molecule has 0 spiro atoms. The number of nitrogens with one attached hydrogen (secondary N) is 1. The van der Waals surface area contributed by atoms with Gasteiger partial charge in [-0.25, -0.2) is 8.42 Å². The molecule has 7 nitrogen and oxygen atoms in total. The molecule has 2 heterocycles. The number of aryl methyl sites for hydroxylation is 2. The van der Waals surface area contributed by atoms with Crippen molar-refractivity contribution in [2.45, 2.75) is 25.2 Å². The number of carbonyl (C=O) groups is 1. The molecule has 8 heteroatoms. The predicted octanol–water partition coefficient (Wildman–Crippen LogP) is 0.122. The maximum Gasteiger partial charge on any atom is 0.307 e. The van der Waals surface area contributed by atoms with Crippen molar-refractivity contribution in [1.82, 2.24) is 14.5 Å². The molecule has 0 saturated carbocycles. The number of carboxylic acids is 1. The maximum absolute atomic E-state index is 12.4. The summed E-state index contributed by atoms with van der Waals surface area (Å²) in [5.74, 6) is -1.57. The van der Waals surface area contributed by atoms with Gasteiger partial charge in [-0.3, -0.25) is 9.89 Å². The monoisotopic (exact) mass is 273 g/mol. The third-order valence-electron chi connectivity index (χ3n) is 3.16. The summed E-state index contributed by atoms with van der Waals surface area (Å²) in [5, 5.41) is 15.4. The fourth-order valence-electron chi connectivity index (χ4n) is 2.20. The van der Waals surface area contributed by atoms with E-state index in [0.717, 1.165) is 0 Å². The van der Waals surface area contributed by atoms with Crippen LogP contribution in [0, 0.1) is 19.8 Å². The van der Waals surface area contributed by atoms with E-state index < -0.39 is 21.9 Å². The summed E-state index contributed by atoms with van der Waals surface area (Å²) in [6.07, 6.45) is 0.352. The minimum absolute atomic E-state index is 0.0295. The summed E-state index contributed by atoms with van der Waals surface area (Å²) in [4.78, 5) is 11.0. The lowest BCUT2D eigenvalue weighted by molar-refractivity contribution is -0.141. The van der Waals surface area contributed by atoms with E-state index in [9.17, 15) is 13.2 Å².